The summed E-state index contributed by atoms with van der Waals surface area (Å²) < 4.78 is 0. The maximum Gasteiger partial charge on any atom is 0.191 e. The summed E-state index contributed by atoms with van der Waals surface area (Å²) in [5, 5.41) is 8.13. The van der Waals surface area contributed by atoms with E-state index < -0.39 is 0 Å². The first kappa shape index (κ1) is 17.8. The van der Waals surface area contributed by atoms with Crippen LogP contribution in [0.1, 0.15) is 31.7 Å². The molecule has 0 spiro atoms. The fourth-order valence-corrected chi connectivity index (χ4v) is 3.49. The number of hydrogen-bond acceptors (Lipinski definition) is 2. The molecule has 0 amide bonds. The highest BCUT2D eigenvalue weighted by Gasteiger charge is 2.10. The van der Waals surface area contributed by atoms with E-state index in [1.165, 1.54) is 48.9 Å². The van der Waals surface area contributed by atoms with Crippen molar-refractivity contribution in [1.29, 1.82) is 0 Å². The number of nitrogens with zero attached hydrogens (tertiary/aromatic N) is 2. The van der Waals surface area contributed by atoms with Crippen LogP contribution in [0.3, 0.4) is 0 Å². The van der Waals surface area contributed by atoms with Gasteiger partial charge in [-0.05, 0) is 63.9 Å². The van der Waals surface area contributed by atoms with E-state index >= 15 is 0 Å². The minimum atomic E-state index is 0.888. The molecule has 5 nitrogen and oxygen atoms in total. The lowest BCUT2D eigenvalue weighted by molar-refractivity contribution is 0.336. The number of fused-ring (bicyclic) bond motifs is 1. The molecular formula is C20H31N5. The van der Waals surface area contributed by atoms with Crippen molar-refractivity contribution in [1.82, 2.24) is 20.5 Å². The van der Waals surface area contributed by atoms with Gasteiger partial charge in [-0.15, -0.1) is 0 Å². The molecule has 0 bridgehead atoms. The number of aromatic nitrogens is 1. The maximum absolute atomic E-state index is 4.72. The second kappa shape index (κ2) is 9.47. The molecule has 0 radical (unpaired) electrons. The molecule has 3 rings (SSSR count). The monoisotopic (exact) mass is 341 g/mol. The van der Waals surface area contributed by atoms with Gasteiger partial charge in [0.05, 0.1) is 0 Å². The predicted octanol–water partition coefficient (Wildman–Crippen LogP) is 2.75. The molecule has 1 aliphatic heterocycles. The molecular weight excluding hydrogens is 310 g/mol. The Balaban J connectivity index is 1.43. The van der Waals surface area contributed by atoms with Gasteiger partial charge in [0.2, 0.25) is 0 Å². The molecule has 1 aliphatic rings. The number of H-pyrrole nitrogens is 1. The zero-order valence-corrected chi connectivity index (χ0v) is 15.4. The minimum absolute atomic E-state index is 0.888. The van der Waals surface area contributed by atoms with E-state index in [9.17, 15) is 0 Å². The molecule has 1 fully saturated rings. The standard InChI is InChI=1S/C20H31N5/c1-2-21-20(22-11-7-15-25-13-5-6-14-25)23-12-10-17-16-24-19-9-4-3-8-18(17)19/h3-4,8-9,16,24H,2,5-7,10-15H2,1H3,(H2,21,22,23). The summed E-state index contributed by atoms with van der Waals surface area (Å²) in [6, 6.07) is 8.47. The zero-order chi connectivity index (χ0) is 17.3. The smallest absolute Gasteiger partial charge is 0.191 e. The van der Waals surface area contributed by atoms with E-state index in [4.69, 9.17) is 4.99 Å². The van der Waals surface area contributed by atoms with Gasteiger partial charge in [-0.1, -0.05) is 18.2 Å². The third-order valence-electron chi connectivity index (χ3n) is 4.81. The average Bonchev–Trinajstić information content (AvgIpc) is 3.29. The van der Waals surface area contributed by atoms with Crippen molar-refractivity contribution in [3.05, 3.63) is 36.0 Å². The lowest BCUT2D eigenvalue weighted by atomic mass is 10.1. The van der Waals surface area contributed by atoms with Crippen molar-refractivity contribution >= 4 is 16.9 Å². The molecule has 0 saturated carbocycles. The number of hydrogen-bond donors (Lipinski definition) is 3. The summed E-state index contributed by atoms with van der Waals surface area (Å²) >= 11 is 0. The third-order valence-corrected chi connectivity index (χ3v) is 4.81. The first-order valence-corrected chi connectivity index (χ1v) is 9.66. The number of benzene rings is 1. The van der Waals surface area contributed by atoms with Crippen LogP contribution >= 0.6 is 0 Å². The molecule has 25 heavy (non-hydrogen) atoms. The normalized spacial score (nSPS) is 15.8. The van der Waals surface area contributed by atoms with Crippen LogP contribution in [0.2, 0.25) is 0 Å². The Morgan fingerprint density at radius 3 is 2.88 bits per heavy atom. The van der Waals surface area contributed by atoms with Crippen LogP contribution in [-0.4, -0.2) is 55.1 Å². The quantitative estimate of drug-likeness (QED) is 0.393. The second-order valence-corrected chi connectivity index (χ2v) is 6.70. The molecule has 0 aliphatic carbocycles. The maximum atomic E-state index is 4.72. The van der Waals surface area contributed by atoms with E-state index in [-0.39, 0.29) is 0 Å². The molecule has 1 aromatic heterocycles. The van der Waals surface area contributed by atoms with Crippen molar-refractivity contribution in [2.45, 2.75) is 32.6 Å². The van der Waals surface area contributed by atoms with Crippen LogP contribution in [-0.2, 0) is 6.42 Å². The van der Waals surface area contributed by atoms with Crippen LogP contribution in [0.15, 0.2) is 35.5 Å². The fourth-order valence-electron chi connectivity index (χ4n) is 3.49. The Morgan fingerprint density at radius 2 is 2.04 bits per heavy atom. The van der Waals surface area contributed by atoms with Crippen LogP contribution in [0.4, 0.5) is 0 Å². The van der Waals surface area contributed by atoms with E-state index in [0.717, 1.165) is 38.4 Å². The fraction of sp³-hybridized carbons (Fsp3) is 0.550. The van der Waals surface area contributed by atoms with Gasteiger partial charge < -0.3 is 20.5 Å². The average molecular weight is 342 g/mol. The molecule has 1 saturated heterocycles. The van der Waals surface area contributed by atoms with Gasteiger partial charge in [-0.25, -0.2) is 0 Å². The number of para-hydroxylation sites is 1. The Kier molecular flexibility index (Phi) is 6.74. The van der Waals surface area contributed by atoms with Crippen LogP contribution < -0.4 is 10.6 Å². The topological polar surface area (TPSA) is 55.5 Å². The molecule has 3 N–H and O–H groups in total. The number of aliphatic imine (C=N–C) groups is 1. The first-order chi connectivity index (χ1) is 12.4. The molecule has 2 aromatic rings. The van der Waals surface area contributed by atoms with Crippen LogP contribution in [0.5, 0.6) is 0 Å². The number of nitrogens with one attached hydrogen (secondary N) is 3. The summed E-state index contributed by atoms with van der Waals surface area (Å²) in [6.45, 7) is 8.50. The van der Waals surface area contributed by atoms with Gasteiger partial charge in [-0.3, -0.25) is 4.99 Å². The van der Waals surface area contributed by atoms with Gasteiger partial charge in [-0.2, -0.15) is 0 Å². The molecule has 136 valence electrons. The second-order valence-electron chi connectivity index (χ2n) is 6.70. The van der Waals surface area contributed by atoms with Gasteiger partial charge in [0.1, 0.15) is 0 Å². The summed E-state index contributed by atoms with van der Waals surface area (Å²) in [5.74, 6) is 0.934. The van der Waals surface area contributed by atoms with Gasteiger partial charge in [0, 0.05) is 36.7 Å². The van der Waals surface area contributed by atoms with E-state index in [0.29, 0.717) is 0 Å². The van der Waals surface area contributed by atoms with Gasteiger partial charge in [0.15, 0.2) is 5.96 Å². The van der Waals surface area contributed by atoms with Crippen molar-refractivity contribution in [3.63, 3.8) is 0 Å². The van der Waals surface area contributed by atoms with Gasteiger partial charge >= 0.3 is 0 Å². The number of rotatable bonds is 8. The van der Waals surface area contributed by atoms with E-state index in [2.05, 4.69) is 57.9 Å². The molecule has 2 heterocycles. The van der Waals surface area contributed by atoms with E-state index in [1.54, 1.807) is 0 Å². The molecule has 0 atom stereocenters. The Labute approximate surface area is 150 Å². The number of aromatic amines is 1. The highest BCUT2D eigenvalue weighted by Crippen LogP contribution is 2.17. The third kappa shape index (κ3) is 5.23. The highest BCUT2D eigenvalue weighted by atomic mass is 15.2. The Hall–Kier alpha value is -2.01. The van der Waals surface area contributed by atoms with Crippen LogP contribution in [0, 0.1) is 0 Å². The summed E-state index contributed by atoms with van der Waals surface area (Å²) in [4.78, 5) is 10.6. The first-order valence-electron chi connectivity index (χ1n) is 9.66. The Bertz CT molecular complexity index is 670. The summed E-state index contributed by atoms with van der Waals surface area (Å²) in [7, 11) is 0. The molecule has 5 heteroatoms. The van der Waals surface area contributed by atoms with Crippen molar-refractivity contribution < 1.29 is 0 Å². The van der Waals surface area contributed by atoms with E-state index in [1.807, 2.05) is 0 Å². The SMILES string of the molecule is CCNC(=NCCCN1CCCC1)NCCc1c[nH]c2ccccc12. The predicted molar refractivity (Wildman–Crippen MR) is 106 cm³/mol. The summed E-state index contributed by atoms with van der Waals surface area (Å²) in [6.07, 6.45) is 6.97. The van der Waals surface area contributed by atoms with Gasteiger partial charge in [0.25, 0.3) is 0 Å². The minimum Gasteiger partial charge on any atom is -0.361 e. The number of likely N-dealkylation sites (tertiary alicyclic amines) is 1. The Morgan fingerprint density at radius 1 is 1.20 bits per heavy atom. The summed E-state index contributed by atoms with van der Waals surface area (Å²) in [5.41, 5.74) is 2.56. The van der Waals surface area contributed by atoms with Crippen molar-refractivity contribution in [3.8, 4) is 0 Å². The van der Waals surface area contributed by atoms with Crippen LogP contribution in [0.25, 0.3) is 10.9 Å². The van der Waals surface area contributed by atoms with Crippen molar-refractivity contribution in [2.75, 3.05) is 39.3 Å². The molecule has 1 aromatic carbocycles. The van der Waals surface area contributed by atoms with Crippen molar-refractivity contribution in [2.24, 2.45) is 4.99 Å². The highest BCUT2D eigenvalue weighted by molar-refractivity contribution is 5.83. The largest absolute Gasteiger partial charge is 0.361 e. The number of guanidine groups is 1. The zero-order valence-electron chi connectivity index (χ0n) is 15.4. The molecule has 0 unspecified atom stereocenters. The lowest BCUT2D eigenvalue weighted by Crippen LogP contribution is -2.38. The lowest BCUT2D eigenvalue weighted by Gasteiger charge is -2.14.